The fourth-order valence-electron chi connectivity index (χ4n) is 8.28. The number of hydrogen-bond donors (Lipinski definition) is 0. The number of benzene rings is 7. The molecule has 9 aromatic rings. The molecule has 238 valence electrons. The molecule has 0 unspecified atom stereocenters. The van der Waals surface area contributed by atoms with Crippen molar-refractivity contribution in [1.29, 1.82) is 0 Å². The Hall–Kier alpha value is -6.43. The maximum absolute atomic E-state index is 6.64. The third-order valence-corrected chi connectivity index (χ3v) is 11.5. The second kappa shape index (κ2) is 10.8. The van der Waals surface area contributed by atoms with E-state index in [0.717, 1.165) is 44.9 Å². The predicted octanol–water partition coefficient (Wildman–Crippen LogP) is 11.7. The van der Waals surface area contributed by atoms with Crippen LogP contribution in [0.15, 0.2) is 164 Å². The van der Waals surface area contributed by atoms with Crippen molar-refractivity contribution in [1.82, 2.24) is 15.0 Å². The number of thiophene rings is 1. The highest BCUT2D eigenvalue weighted by atomic mass is 32.1. The van der Waals surface area contributed by atoms with E-state index in [0.29, 0.717) is 17.5 Å². The summed E-state index contributed by atoms with van der Waals surface area (Å²) < 4.78 is 9.19. The molecule has 1 spiro atoms. The summed E-state index contributed by atoms with van der Waals surface area (Å²) in [5.41, 5.74) is 9.28. The van der Waals surface area contributed by atoms with Crippen molar-refractivity contribution in [3.63, 3.8) is 0 Å². The van der Waals surface area contributed by atoms with Gasteiger partial charge in [0.25, 0.3) is 0 Å². The highest BCUT2D eigenvalue weighted by molar-refractivity contribution is 7.25. The van der Waals surface area contributed by atoms with Crippen LogP contribution in [0.5, 0.6) is 11.5 Å². The molecule has 1 aliphatic heterocycles. The van der Waals surface area contributed by atoms with Crippen LogP contribution in [-0.2, 0) is 5.41 Å². The van der Waals surface area contributed by atoms with E-state index in [1.54, 1.807) is 0 Å². The van der Waals surface area contributed by atoms with E-state index in [4.69, 9.17) is 19.7 Å². The summed E-state index contributed by atoms with van der Waals surface area (Å²) in [4.78, 5) is 15.5. The van der Waals surface area contributed by atoms with Gasteiger partial charge >= 0.3 is 0 Å². The molecule has 3 heterocycles. The smallest absolute Gasteiger partial charge is 0.164 e. The van der Waals surface area contributed by atoms with E-state index in [-0.39, 0.29) is 0 Å². The molecule has 0 saturated carbocycles. The lowest BCUT2D eigenvalue weighted by Gasteiger charge is -2.39. The first kappa shape index (κ1) is 28.4. The second-order valence-corrected chi connectivity index (χ2v) is 14.2. The van der Waals surface area contributed by atoms with Gasteiger partial charge in [-0.2, -0.15) is 0 Å². The topological polar surface area (TPSA) is 47.9 Å². The molecule has 0 atom stereocenters. The number of ether oxygens (including phenoxy) is 1. The minimum Gasteiger partial charge on any atom is -0.457 e. The first-order valence-electron chi connectivity index (χ1n) is 17.1. The van der Waals surface area contributed by atoms with Crippen LogP contribution in [0, 0.1) is 0 Å². The number of fused-ring (bicyclic) bond motifs is 12. The van der Waals surface area contributed by atoms with Gasteiger partial charge in [-0.05, 0) is 52.6 Å². The van der Waals surface area contributed by atoms with Gasteiger partial charge in [-0.1, -0.05) is 133 Å². The normalized spacial score (nSPS) is 13.4. The Morgan fingerprint density at radius 3 is 1.67 bits per heavy atom. The summed E-state index contributed by atoms with van der Waals surface area (Å²) in [6, 6.07) is 57.6. The molecule has 1 aliphatic carbocycles. The van der Waals surface area contributed by atoms with E-state index in [1.807, 2.05) is 47.7 Å². The monoisotopic (exact) mass is 669 g/mol. The van der Waals surface area contributed by atoms with Crippen LogP contribution in [0.2, 0.25) is 0 Å². The first-order chi connectivity index (χ1) is 25.3. The van der Waals surface area contributed by atoms with Crippen molar-refractivity contribution in [2.24, 2.45) is 0 Å². The molecule has 51 heavy (non-hydrogen) atoms. The van der Waals surface area contributed by atoms with Crippen molar-refractivity contribution < 1.29 is 4.74 Å². The lowest BCUT2D eigenvalue weighted by Crippen LogP contribution is -2.32. The predicted molar refractivity (Wildman–Crippen MR) is 206 cm³/mol. The van der Waals surface area contributed by atoms with Crippen molar-refractivity contribution in [2.75, 3.05) is 0 Å². The van der Waals surface area contributed by atoms with Crippen LogP contribution in [0.4, 0.5) is 0 Å². The van der Waals surface area contributed by atoms with Gasteiger partial charge in [-0.3, -0.25) is 0 Å². The van der Waals surface area contributed by atoms with Crippen LogP contribution >= 0.6 is 11.3 Å². The van der Waals surface area contributed by atoms with Gasteiger partial charge in [0.05, 0.1) is 5.41 Å². The third kappa shape index (κ3) is 4.04. The molecule has 2 aromatic heterocycles. The first-order valence-corrected chi connectivity index (χ1v) is 17.9. The zero-order chi connectivity index (χ0) is 33.5. The summed E-state index contributed by atoms with van der Waals surface area (Å²) in [5.74, 6) is 3.67. The number of para-hydroxylation sites is 2. The zero-order valence-corrected chi connectivity index (χ0v) is 28.1. The van der Waals surface area contributed by atoms with Crippen LogP contribution < -0.4 is 4.74 Å². The summed E-state index contributed by atoms with van der Waals surface area (Å²) >= 11 is 1.85. The molecule has 5 heteroatoms. The Morgan fingerprint density at radius 1 is 0.412 bits per heavy atom. The molecule has 7 aromatic carbocycles. The Kier molecular flexibility index (Phi) is 6.01. The number of hydrogen-bond acceptors (Lipinski definition) is 5. The van der Waals surface area contributed by atoms with Gasteiger partial charge in [-0.15, -0.1) is 11.3 Å². The molecular formula is C46H27N3OS. The quantitative estimate of drug-likeness (QED) is 0.188. The van der Waals surface area contributed by atoms with Gasteiger partial charge in [0.15, 0.2) is 17.5 Å². The Balaban J connectivity index is 1.28. The standard InChI is InChI=1S/C46H27N3OS/c1-3-14-28(15-4-1)43-47-44(29-16-5-2-6-17-29)49-45(48-43)31-19-13-22-36-42(31)33-26-32-30-18-7-12-25-40(30)51-41(32)27-37(33)46(36)34-20-8-10-23-38(34)50-39-24-11-9-21-35(39)46/h1-27H. The summed E-state index contributed by atoms with van der Waals surface area (Å²) in [7, 11) is 0. The molecule has 0 bridgehead atoms. The molecule has 0 fully saturated rings. The molecule has 0 amide bonds. The Morgan fingerprint density at radius 2 is 0.980 bits per heavy atom. The van der Waals surface area contributed by atoms with E-state index in [2.05, 4.69) is 127 Å². The van der Waals surface area contributed by atoms with Crippen molar-refractivity contribution in [2.45, 2.75) is 5.41 Å². The molecule has 11 rings (SSSR count). The lowest BCUT2D eigenvalue weighted by atomic mass is 9.66. The van der Waals surface area contributed by atoms with E-state index < -0.39 is 5.41 Å². The molecule has 0 radical (unpaired) electrons. The molecule has 0 saturated heterocycles. The minimum absolute atomic E-state index is 0.617. The zero-order valence-electron chi connectivity index (χ0n) is 27.2. The van der Waals surface area contributed by atoms with Gasteiger partial charge in [0, 0.05) is 48.0 Å². The summed E-state index contributed by atoms with van der Waals surface area (Å²) in [6.07, 6.45) is 0. The second-order valence-electron chi connectivity index (χ2n) is 13.1. The maximum Gasteiger partial charge on any atom is 0.164 e. The van der Waals surface area contributed by atoms with Gasteiger partial charge in [-0.25, -0.2) is 15.0 Å². The van der Waals surface area contributed by atoms with Crippen LogP contribution in [0.25, 0.3) is 65.5 Å². The largest absolute Gasteiger partial charge is 0.457 e. The molecule has 2 aliphatic rings. The number of aromatic nitrogens is 3. The Labute approximate surface area is 298 Å². The van der Waals surface area contributed by atoms with Crippen LogP contribution in [0.1, 0.15) is 22.3 Å². The van der Waals surface area contributed by atoms with E-state index in [1.165, 1.54) is 36.9 Å². The summed E-state index contributed by atoms with van der Waals surface area (Å²) in [5, 5.41) is 2.53. The summed E-state index contributed by atoms with van der Waals surface area (Å²) in [6.45, 7) is 0. The number of nitrogens with zero attached hydrogens (tertiary/aromatic N) is 3. The van der Waals surface area contributed by atoms with Crippen molar-refractivity contribution >= 4 is 31.5 Å². The molecule has 4 nitrogen and oxygen atoms in total. The average Bonchev–Trinajstić information content (AvgIpc) is 3.71. The van der Waals surface area contributed by atoms with Crippen molar-refractivity contribution in [3.8, 4) is 56.8 Å². The fraction of sp³-hybridized carbons (Fsp3) is 0.0217. The Bertz CT molecular complexity index is 2740. The van der Waals surface area contributed by atoms with E-state index >= 15 is 0 Å². The van der Waals surface area contributed by atoms with Crippen LogP contribution in [0.3, 0.4) is 0 Å². The average molecular weight is 670 g/mol. The van der Waals surface area contributed by atoms with Crippen molar-refractivity contribution in [3.05, 3.63) is 186 Å². The lowest BCUT2D eigenvalue weighted by molar-refractivity contribution is 0.436. The van der Waals surface area contributed by atoms with E-state index in [9.17, 15) is 0 Å². The number of rotatable bonds is 3. The molecular weight excluding hydrogens is 643 g/mol. The third-order valence-electron chi connectivity index (χ3n) is 10.4. The van der Waals surface area contributed by atoms with Crippen LogP contribution in [-0.4, -0.2) is 15.0 Å². The maximum atomic E-state index is 6.64. The fourth-order valence-corrected chi connectivity index (χ4v) is 9.41. The minimum atomic E-state index is -0.617. The van der Waals surface area contributed by atoms with Gasteiger partial charge < -0.3 is 4.74 Å². The SMILES string of the molecule is c1ccc(-c2nc(-c3ccccc3)nc(-c3cccc4c3-c3cc5c(cc3C43c4ccccc4Oc4ccccc43)sc3ccccc35)n2)cc1. The molecule has 0 N–H and O–H groups in total. The highest BCUT2D eigenvalue weighted by Crippen LogP contribution is 2.64. The van der Waals surface area contributed by atoms with Gasteiger partial charge in [0.1, 0.15) is 11.5 Å². The van der Waals surface area contributed by atoms with Gasteiger partial charge in [0.2, 0.25) is 0 Å². The highest BCUT2D eigenvalue weighted by Gasteiger charge is 2.52.